The molecule has 0 aliphatic carbocycles. The molecule has 0 aliphatic heterocycles. The number of nitrogens with zero attached hydrogens (tertiary/aromatic N) is 1. The van der Waals surface area contributed by atoms with Gasteiger partial charge in [-0.05, 0) is 36.8 Å². The van der Waals surface area contributed by atoms with Gasteiger partial charge in [-0.1, -0.05) is 35.9 Å². The lowest BCUT2D eigenvalue weighted by Gasteiger charge is -2.28. The summed E-state index contributed by atoms with van der Waals surface area (Å²) in [5.74, 6) is 0.513. The zero-order valence-electron chi connectivity index (χ0n) is 15.6. The van der Waals surface area contributed by atoms with Crippen LogP contribution < -0.4 is 14.8 Å². The number of benzene rings is 2. The molecule has 2 aromatic carbocycles. The van der Waals surface area contributed by atoms with Crippen LogP contribution >= 0.6 is 11.6 Å². The van der Waals surface area contributed by atoms with Crippen molar-refractivity contribution in [3.63, 3.8) is 0 Å². The summed E-state index contributed by atoms with van der Waals surface area (Å²) in [6, 6.07) is 13.6. The first-order chi connectivity index (χ1) is 13.0. The van der Waals surface area contributed by atoms with E-state index in [2.05, 4.69) is 5.32 Å². The highest BCUT2D eigenvalue weighted by Crippen LogP contribution is 2.23. The van der Waals surface area contributed by atoms with Gasteiger partial charge in [-0.3, -0.25) is 9.59 Å². The van der Waals surface area contributed by atoms with Gasteiger partial charge in [-0.2, -0.15) is 0 Å². The van der Waals surface area contributed by atoms with Crippen LogP contribution in [0.2, 0.25) is 5.02 Å². The van der Waals surface area contributed by atoms with Gasteiger partial charge in [-0.25, -0.2) is 0 Å². The van der Waals surface area contributed by atoms with E-state index in [4.69, 9.17) is 21.1 Å². The number of amides is 2. The smallest absolute Gasteiger partial charge is 0.261 e. The lowest BCUT2D eigenvalue weighted by molar-refractivity contribution is -0.142. The number of carbonyl (C=O) groups is 2. The molecule has 1 atom stereocenters. The maximum atomic E-state index is 12.8. The summed E-state index contributed by atoms with van der Waals surface area (Å²) in [5.41, 5.74) is 0.844. The van der Waals surface area contributed by atoms with E-state index in [1.54, 1.807) is 38.3 Å². The van der Waals surface area contributed by atoms with Crippen LogP contribution in [0.15, 0.2) is 48.5 Å². The van der Waals surface area contributed by atoms with E-state index in [0.717, 1.165) is 5.56 Å². The Morgan fingerprint density at radius 3 is 2.59 bits per heavy atom. The molecule has 2 amide bonds. The van der Waals surface area contributed by atoms with Gasteiger partial charge in [0, 0.05) is 13.6 Å². The first-order valence-corrected chi connectivity index (χ1v) is 8.85. The number of rotatable bonds is 8. The van der Waals surface area contributed by atoms with Gasteiger partial charge in [0.25, 0.3) is 5.91 Å². The molecule has 7 heteroatoms. The Morgan fingerprint density at radius 1 is 1.19 bits per heavy atom. The molecule has 1 unspecified atom stereocenters. The number of hydrogen-bond donors (Lipinski definition) is 1. The number of hydrogen-bond acceptors (Lipinski definition) is 4. The zero-order valence-corrected chi connectivity index (χ0v) is 16.3. The van der Waals surface area contributed by atoms with E-state index < -0.39 is 6.04 Å². The highest BCUT2D eigenvalue weighted by atomic mass is 35.5. The average molecular weight is 391 g/mol. The number of halogens is 1. The van der Waals surface area contributed by atoms with Gasteiger partial charge in [-0.15, -0.1) is 0 Å². The molecule has 2 rings (SSSR count). The van der Waals surface area contributed by atoms with Crippen LogP contribution in [-0.4, -0.2) is 43.5 Å². The minimum absolute atomic E-state index is 0.227. The Labute approximate surface area is 164 Å². The van der Waals surface area contributed by atoms with Crippen LogP contribution in [0.4, 0.5) is 0 Å². The second-order valence-corrected chi connectivity index (χ2v) is 6.29. The van der Waals surface area contributed by atoms with Crippen molar-refractivity contribution in [2.75, 3.05) is 20.8 Å². The van der Waals surface area contributed by atoms with E-state index >= 15 is 0 Å². The third-order valence-electron chi connectivity index (χ3n) is 4.09. The third-order valence-corrected chi connectivity index (χ3v) is 4.40. The van der Waals surface area contributed by atoms with Gasteiger partial charge in [0.15, 0.2) is 6.61 Å². The molecule has 6 nitrogen and oxygen atoms in total. The van der Waals surface area contributed by atoms with Crippen molar-refractivity contribution >= 4 is 23.4 Å². The molecule has 1 N–H and O–H groups in total. The Morgan fingerprint density at radius 2 is 1.93 bits per heavy atom. The summed E-state index contributed by atoms with van der Waals surface area (Å²) in [5, 5.41) is 2.99. The van der Waals surface area contributed by atoms with E-state index in [9.17, 15) is 9.59 Å². The molecule has 0 radical (unpaired) electrons. The number of para-hydroxylation sites is 1. The molecule has 0 fully saturated rings. The number of likely N-dealkylation sites (N-methyl/N-ethyl adjacent to an activating group) is 1. The maximum absolute atomic E-state index is 12.8. The molecule has 0 saturated heterocycles. The Hall–Kier alpha value is -2.73. The molecule has 2 aromatic rings. The van der Waals surface area contributed by atoms with Gasteiger partial charge in [0.1, 0.15) is 17.5 Å². The minimum atomic E-state index is -0.663. The molecule has 0 aromatic heterocycles. The van der Waals surface area contributed by atoms with Crippen molar-refractivity contribution in [2.24, 2.45) is 0 Å². The Balaban J connectivity index is 2.16. The highest BCUT2D eigenvalue weighted by molar-refractivity contribution is 6.32. The van der Waals surface area contributed by atoms with Crippen molar-refractivity contribution in [3.8, 4) is 11.5 Å². The Bertz CT molecular complexity index is 797. The molecular weight excluding hydrogens is 368 g/mol. The van der Waals surface area contributed by atoms with E-state index in [-0.39, 0.29) is 25.0 Å². The fourth-order valence-corrected chi connectivity index (χ4v) is 2.73. The molecule has 0 spiro atoms. The number of nitrogens with one attached hydrogen (secondary N) is 1. The fraction of sp³-hybridized carbons (Fsp3) is 0.300. The SMILES string of the molecule is CNC(=O)C(C)N(Cc1cccc(OC)c1)C(=O)COc1ccccc1Cl. The Kier molecular flexibility index (Phi) is 7.49. The first kappa shape index (κ1) is 20.6. The van der Waals surface area contributed by atoms with Crippen LogP contribution in [0, 0.1) is 0 Å². The van der Waals surface area contributed by atoms with Gasteiger partial charge >= 0.3 is 0 Å². The van der Waals surface area contributed by atoms with Crippen LogP contribution in [0.25, 0.3) is 0 Å². The zero-order chi connectivity index (χ0) is 19.8. The van der Waals surface area contributed by atoms with Crippen LogP contribution in [0.5, 0.6) is 11.5 Å². The summed E-state index contributed by atoms with van der Waals surface area (Å²) in [6.07, 6.45) is 0. The highest BCUT2D eigenvalue weighted by Gasteiger charge is 2.26. The molecule has 0 aliphatic rings. The molecule has 0 saturated carbocycles. The van der Waals surface area contributed by atoms with Crippen LogP contribution in [0.1, 0.15) is 12.5 Å². The quantitative estimate of drug-likeness (QED) is 0.752. The maximum Gasteiger partial charge on any atom is 0.261 e. The normalized spacial score (nSPS) is 11.4. The van der Waals surface area contributed by atoms with Gasteiger partial charge < -0.3 is 19.7 Å². The summed E-state index contributed by atoms with van der Waals surface area (Å²) >= 11 is 6.06. The molecule has 144 valence electrons. The summed E-state index contributed by atoms with van der Waals surface area (Å²) in [4.78, 5) is 26.4. The van der Waals surface area contributed by atoms with Crippen LogP contribution in [-0.2, 0) is 16.1 Å². The molecule has 27 heavy (non-hydrogen) atoms. The van der Waals surface area contributed by atoms with E-state index in [0.29, 0.717) is 16.5 Å². The average Bonchev–Trinajstić information content (AvgIpc) is 2.70. The second-order valence-electron chi connectivity index (χ2n) is 5.88. The second kappa shape index (κ2) is 9.83. The van der Waals surface area contributed by atoms with Gasteiger partial charge in [0.05, 0.1) is 12.1 Å². The molecule has 0 heterocycles. The first-order valence-electron chi connectivity index (χ1n) is 8.47. The van der Waals surface area contributed by atoms with Crippen LogP contribution in [0.3, 0.4) is 0 Å². The van der Waals surface area contributed by atoms with E-state index in [1.807, 2.05) is 24.3 Å². The van der Waals surface area contributed by atoms with Crippen molar-refractivity contribution in [1.29, 1.82) is 0 Å². The largest absolute Gasteiger partial charge is 0.497 e. The number of methoxy groups -OCH3 is 1. The summed E-state index contributed by atoms with van der Waals surface area (Å²) in [6.45, 7) is 1.69. The lowest BCUT2D eigenvalue weighted by Crippen LogP contribution is -2.48. The molecular formula is C20H23ClN2O4. The summed E-state index contributed by atoms with van der Waals surface area (Å²) < 4.78 is 10.8. The van der Waals surface area contributed by atoms with Crippen molar-refractivity contribution in [1.82, 2.24) is 10.2 Å². The van der Waals surface area contributed by atoms with E-state index in [1.165, 1.54) is 11.9 Å². The standard InChI is InChI=1S/C20H23ClN2O4/c1-14(20(25)22-2)23(12-15-7-6-8-16(11-15)26-3)19(24)13-27-18-10-5-4-9-17(18)21/h4-11,14H,12-13H2,1-3H3,(H,22,25). The lowest BCUT2D eigenvalue weighted by atomic mass is 10.1. The minimum Gasteiger partial charge on any atom is -0.497 e. The topological polar surface area (TPSA) is 67.9 Å². The number of ether oxygens (including phenoxy) is 2. The predicted octanol–water partition coefficient (Wildman–Crippen LogP) is 2.89. The van der Waals surface area contributed by atoms with Gasteiger partial charge in [0.2, 0.25) is 5.91 Å². The monoisotopic (exact) mass is 390 g/mol. The van der Waals surface area contributed by atoms with Crippen molar-refractivity contribution in [3.05, 3.63) is 59.1 Å². The summed E-state index contributed by atoms with van der Waals surface area (Å²) in [7, 11) is 3.11. The molecule has 0 bridgehead atoms. The fourth-order valence-electron chi connectivity index (χ4n) is 2.54. The van der Waals surface area contributed by atoms with Crippen molar-refractivity contribution < 1.29 is 19.1 Å². The number of carbonyl (C=O) groups excluding carboxylic acids is 2. The third kappa shape index (κ3) is 5.62. The predicted molar refractivity (Wildman–Crippen MR) is 104 cm³/mol. The van der Waals surface area contributed by atoms with Crippen molar-refractivity contribution in [2.45, 2.75) is 19.5 Å².